The number of hydrogen-bond acceptors (Lipinski definition) is 2. The minimum absolute atomic E-state index is 0.375. The highest BCUT2D eigenvalue weighted by molar-refractivity contribution is 5.20. The van der Waals surface area contributed by atoms with Crippen LogP contribution in [0.2, 0.25) is 0 Å². The van der Waals surface area contributed by atoms with Gasteiger partial charge in [-0.05, 0) is 36.5 Å². The van der Waals surface area contributed by atoms with Crippen LogP contribution in [-0.2, 0) is 0 Å². The van der Waals surface area contributed by atoms with Crippen LogP contribution in [0.25, 0.3) is 0 Å². The Bertz CT molecular complexity index is 438. The van der Waals surface area contributed by atoms with Gasteiger partial charge < -0.3 is 10.4 Å². The molecular formula is C16H23F2NO. The summed E-state index contributed by atoms with van der Waals surface area (Å²) in [7, 11) is 0. The third-order valence-corrected chi connectivity index (χ3v) is 4.26. The Morgan fingerprint density at radius 3 is 2.70 bits per heavy atom. The summed E-state index contributed by atoms with van der Waals surface area (Å²) in [6.45, 7) is 2.60. The molecule has 1 aromatic carbocycles. The second kappa shape index (κ2) is 7.14. The van der Waals surface area contributed by atoms with Crippen LogP contribution >= 0.6 is 0 Å². The highest BCUT2D eigenvalue weighted by Crippen LogP contribution is 2.23. The van der Waals surface area contributed by atoms with Gasteiger partial charge in [0.2, 0.25) is 0 Å². The topological polar surface area (TPSA) is 32.3 Å². The summed E-state index contributed by atoms with van der Waals surface area (Å²) in [5.74, 6) is -1.20. The first-order chi connectivity index (χ1) is 9.58. The molecule has 0 amide bonds. The average molecular weight is 283 g/mol. The highest BCUT2D eigenvalue weighted by atomic mass is 19.2. The fraction of sp³-hybridized carbons (Fsp3) is 0.625. The van der Waals surface area contributed by atoms with E-state index >= 15 is 0 Å². The van der Waals surface area contributed by atoms with Gasteiger partial charge in [-0.1, -0.05) is 32.3 Å². The Hall–Kier alpha value is -1.00. The van der Waals surface area contributed by atoms with Crippen molar-refractivity contribution in [1.29, 1.82) is 0 Å². The van der Waals surface area contributed by atoms with Crippen LogP contribution in [0.15, 0.2) is 18.2 Å². The van der Waals surface area contributed by atoms with Gasteiger partial charge in [-0.25, -0.2) is 8.78 Å². The highest BCUT2D eigenvalue weighted by Gasteiger charge is 2.20. The van der Waals surface area contributed by atoms with E-state index in [9.17, 15) is 13.9 Å². The molecule has 0 bridgehead atoms. The van der Waals surface area contributed by atoms with Gasteiger partial charge in [-0.15, -0.1) is 0 Å². The van der Waals surface area contributed by atoms with Gasteiger partial charge in [0.05, 0.1) is 6.10 Å². The van der Waals surface area contributed by atoms with Crippen molar-refractivity contribution in [3.05, 3.63) is 35.4 Å². The maximum Gasteiger partial charge on any atom is 0.159 e. The number of hydrogen-bond donors (Lipinski definition) is 2. The second-order valence-electron chi connectivity index (χ2n) is 5.82. The zero-order chi connectivity index (χ0) is 14.5. The molecule has 4 heteroatoms. The predicted molar refractivity (Wildman–Crippen MR) is 75.4 cm³/mol. The lowest BCUT2D eigenvalue weighted by Crippen LogP contribution is -2.37. The van der Waals surface area contributed by atoms with E-state index in [0.717, 1.165) is 18.6 Å². The third kappa shape index (κ3) is 4.00. The van der Waals surface area contributed by atoms with Crippen molar-refractivity contribution in [3.63, 3.8) is 0 Å². The van der Waals surface area contributed by atoms with E-state index in [2.05, 4.69) is 12.2 Å². The van der Waals surface area contributed by atoms with Crippen molar-refractivity contribution < 1.29 is 13.9 Å². The molecular weight excluding hydrogens is 260 g/mol. The minimum Gasteiger partial charge on any atom is -0.387 e. The normalized spacial score (nSPS) is 25.2. The smallest absolute Gasteiger partial charge is 0.159 e. The zero-order valence-electron chi connectivity index (χ0n) is 11.9. The van der Waals surface area contributed by atoms with E-state index in [1.807, 2.05) is 0 Å². The van der Waals surface area contributed by atoms with Crippen molar-refractivity contribution in [2.75, 3.05) is 6.54 Å². The monoisotopic (exact) mass is 283 g/mol. The summed E-state index contributed by atoms with van der Waals surface area (Å²) in [6, 6.07) is 3.96. The summed E-state index contributed by atoms with van der Waals surface area (Å²) < 4.78 is 26.0. The van der Waals surface area contributed by atoms with Crippen LogP contribution in [0.4, 0.5) is 8.78 Å². The van der Waals surface area contributed by atoms with Gasteiger partial charge in [0.25, 0.3) is 0 Å². The fourth-order valence-electron chi connectivity index (χ4n) is 2.90. The molecule has 0 heterocycles. The van der Waals surface area contributed by atoms with E-state index in [-0.39, 0.29) is 0 Å². The van der Waals surface area contributed by atoms with E-state index in [0.29, 0.717) is 24.1 Å². The summed E-state index contributed by atoms with van der Waals surface area (Å²) in [5, 5.41) is 13.4. The molecule has 3 atom stereocenters. The molecule has 2 rings (SSSR count). The number of aliphatic hydroxyl groups excluding tert-OH is 1. The predicted octanol–water partition coefficient (Wildman–Crippen LogP) is 3.56. The molecule has 20 heavy (non-hydrogen) atoms. The van der Waals surface area contributed by atoms with Crippen LogP contribution in [0.3, 0.4) is 0 Å². The van der Waals surface area contributed by atoms with Gasteiger partial charge in [0, 0.05) is 12.6 Å². The van der Waals surface area contributed by atoms with Crippen LogP contribution in [-0.4, -0.2) is 17.7 Å². The van der Waals surface area contributed by atoms with E-state index in [1.54, 1.807) is 0 Å². The van der Waals surface area contributed by atoms with E-state index in [4.69, 9.17) is 0 Å². The molecule has 0 spiro atoms. The standard InChI is InChI=1S/C16H23F2NO/c1-11-5-3-2-4-6-15(11)19-10-16(20)12-7-8-13(17)14(18)9-12/h7-9,11,15-16,19-20H,2-6,10H2,1H3. The fourth-order valence-corrected chi connectivity index (χ4v) is 2.90. The first-order valence-electron chi connectivity index (χ1n) is 7.44. The molecule has 0 saturated heterocycles. The number of benzene rings is 1. The molecule has 2 nitrogen and oxygen atoms in total. The van der Waals surface area contributed by atoms with Crippen molar-refractivity contribution >= 4 is 0 Å². The second-order valence-corrected chi connectivity index (χ2v) is 5.82. The lowest BCUT2D eigenvalue weighted by molar-refractivity contribution is 0.163. The summed E-state index contributed by atoms with van der Waals surface area (Å²) in [4.78, 5) is 0. The van der Waals surface area contributed by atoms with Crippen LogP contribution < -0.4 is 5.32 Å². The third-order valence-electron chi connectivity index (χ3n) is 4.26. The van der Waals surface area contributed by atoms with Crippen molar-refractivity contribution in [2.24, 2.45) is 5.92 Å². The lowest BCUT2D eigenvalue weighted by atomic mass is 9.96. The Morgan fingerprint density at radius 2 is 1.95 bits per heavy atom. The molecule has 1 aromatic rings. The Labute approximate surface area is 119 Å². The molecule has 112 valence electrons. The van der Waals surface area contributed by atoms with Crippen molar-refractivity contribution in [3.8, 4) is 0 Å². The SMILES string of the molecule is CC1CCCCCC1NCC(O)c1ccc(F)c(F)c1. The molecule has 1 aliphatic rings. The van der Waals surface area contributed by atoms with Gasteiger partial charge in [0.15, 0.2) is 11.6 Å². The number of aliphatic hydroxyl groups is 1. The Kier molecular flexibility index (Phi) is 5.49. The molecule has 1 aliphatic carbocycles. The molecule has 0 radical (unpaired) electrons. The summed E-state index contributed by atoms with van der Waals surface area (Å²) in [6.07, 6.45) is 5.27. The molecule has 0 aromatic heterocycles. The number of halogens is 2. The first kappa shape index (κ1) is 15.4. The van der Waals surface area contributed by atoms with Gasteiger partial charge in [-0.3, -0.25) is 0 Å². The molecule has 2 N–H and O–H groups in total. The van der Waals surface area contributed by atoms with Gasteiger partial charge in [0.1, 0.15) is 0 Å². The van der Waals surface area contributed by atoms with Crippen molar-refractivity contribution in [2.45, 2.75) is 51.2 Å². The Morgan fingerprint density at radius 1 is 1.20 bits per heavy atom. The minimum atomic E-state index is -0.913. The van der Waals surface area contributed by atoms with Crippen LogP contribution in [0, 0.1) is 17.6 Å². The summed E-state index contributed by atoms with van der Waals surface area (Å²) >= 11 is 0. The maximum absolute atomic E-state index is 13.1. The first-order valence-corrected chi connectivity index (χ1v) is 7.44. The maximum atomic E-state index is 13.1. The molecule has 0 aliphatic heterocycles. The number of rotatable bonds is 4. The van der Waals surface area contributed by atoms with E-state index in [1.165, 1.54) is 31.7 Å². The summed E-state index contributed by atoms with van der Waals surface area (Å²) in [5.41, 5.74) is 0.415. The lowest BCUT2D eigenvalue weighted by Gasteiger charge is -2.24. The number of nitrogens with one attached hydrogen (secondary N) is 1. The van der Waals surface area contributed by atoms with Crippen LogP contribution in [0.5, 0.6) is 0 Å². The van der Waals surface area contributed by atoms with Gasteiger partial charge >= 0.3 is 0 Å². The van der Waals surface area contributed by atoms with Crippen molar-refractivity contribution in [1.82, 2.24) is 5.32 Å². The molecule has 1 saturated carbocycles. The largest absolute Gasteiger partial charge is 0.387 e. The molecule has 1 fully saturated rings. The Balaban J connectivity index is 1.90. The van der Waals surface area contributed by atoms with E-state index < -0.39 is 17.7 Å². The zero-order valence-corrected chi connectivity index (χ0v) is 11.9. The molecule has 3 unspecified atom stereocenters. The van der Waals surface area contributed by atoms with Crippen LogP contribution in [0.1, 0.15) is 50.7 Å². The average Bonchev–Trinajstić information content (AvgIpc) is 2.64. The van der Waals surface area contributed by atoms with Gasteiger partial charge in [-0.2, -0.15) is 0 Å². The quantitative estimate of drug-likeness (QED) is 0.828.